The normalized spacial score (nSPS) is 36.0. The first-order chi connectivity index (χ1) is 4.22. The molecule has 0 aromatic rings. The van der Waals surface area contributed by atoms with Gasteiger partial charge in [-0.1, -0.05) is 0 Å². The van der Waals surface area contributed by atoms with Crippen LogP contribution in [0.2, 0.25) is 0 Å². The lowest BCUT2D eigenvalue weighted by Crippen LogP contribution is -2.43. The zero-order chi connectivity index (χ0) is 6.85. The van der Waals surface area contributed by atoms with Gasteiger partial charge in [-0.3, -0.25) is 0 Å². The molecule has 1 aliphatic rings. The maximum atomic E-state index is 5.71. The third kappa shape index (κ3) is 1.41. The van der Waals surface area contributed by atoms with E-state index in [4.69, 9.17) is 10.5 Å². The molecule has 0 aromatic carbocycles. The molecule has 1 aliphatic heterocycles. The lowest BCUT2D eigenvalue weighted by Gasteiger charge is -2.20. The second-order valence-corrected chi connectivity index (χ2v) is 2.73. The number of nitrogens with two attached hydrogens (primary N) is 1. The molecule has 3 nitrogen and oxygen atoms in total. The molecule has 0 aliphatic carbocycles. The Morgan fingerprint density at radius 3 is 2.33 bits per heavy atom. The Morgan fingerprint density at radius 1 is 1.44 bits per heavy atom. The van der Waals surface area contributed by atoms with Gasteiger partial charge >= 0.3 is 0 Å². The maximum absolute atomic E-state index is 5.71. The Kier molecular flexibility index (Phi) is 2.05. The quantitative estimate of drug-likeness (QED) is 0.509. The minimum atomic E-state index is 0.208. The highest BCUT2D eigenvalue weighted by Gasteiger charge is 2.25. The van der Waals surface area contributed by atoms with E-state index in [1.165, 1.54) is 0 Å². The van der Waals surface area contributed by atoms with Crippen LogP contribution in [0.1, 0.15) is 0 Å². The summed E-state index contributed by atoms with van der Waals surface area (Å²) in [6.07, 6.45) is 0. The fourth-order valence-corrected chi connectivity index (χ4v) is 1.09. The third-order valence-corrected chi connectivity index (χ3v) is 1.76. The van der Waals surface area contributed by atoms with Crippen LogP contribution in [0, 0.1) is 0 Å². The zero-order valence-corrected chi connectivity index (χ0v) is 6.00. The molecule has 2 N–H and O–H groups in total. The van der Waals surface area contributed by atoms with Crippen molar-refractivity contribution in [2.75, 3.05) is 27.3 Å². The van der Waals surface area contributed by atoms with E-state index in [-0.39, 0.29) is 6.04 Å². The average Bonchev–Trinajstić information content (AvgIpc) is 2.13. The van der Waals surface area contributed by atoms with E-state index in [1.807, 2.05) is 14.1 Å². The van der Waals surface area contributed by atoms with E-state index >= 15 is 0 Å². The van der Waals surface area contributed by atoms with Gasteiger partial charge in [0.2, 0.25) is 0 Å². The van der Waals surface area contributed by atoms with Crippen LogP contribution in [0.25, 0.3) is 0 Å². The molecule has 0 unspecified atom stereocenters. The van der Waals surface area contributed by atoms with Crippen molar-refractivity contribution in [3.63, 3.8) is 0 Å². The predicted molar refractivity (Wildman–Crippen MR) is 36.3 cm³/mol. The highest BCUT2D eigenvalue weighted by Crippen LogP contribution is 2.06. The second-order valence-electron chi connectivity index (χ2n) is 2.73. The van der Waals surface area contributed by atoms with Crippen molar-refractivity contribution in [2.24, 2.45) is 5.73 Å². The standard InChI is InChI=1S/C6H14N2O/c1-8(2)6-4-9-3-5(6)7/h5-6H,3-4,7H2,1-2H3/t5-,6+/m0/s1. The molecular formula is C6H14N2O. The monoisotopic (exact) mass is 130 g/mol. The summed E-state index contributed by atoms with van der Waals surface area (Å²) in [6, 6.07) is 0.630. The van der Waals surface area contributed by atoms with Crippen molar-refractivity contribution >= 4 is 0 Å². The highest BCUT2D eigenvalue weighted by molar-refractivity contribution is 4.83. The van der Waals surface area contributed by atoms with Crippen LogP contribution >= 0.6 is 0 Å². The minimum absolute atomic E-state index is 0.208. The molecule has 0 aromatic heterocycles. The SMILES string of the molecule is CN(C)[C@@H]1COC[C@@H]1N. The number of ether oxygens (including phenoxy) is 1. The highest BCUT2D eigenvalue weighted by atomic mass is 16.5. The van der Waals surface area contributed by atoms with Crippen molar-refractivity contribution in [1.82, 2.24) is 4.90 Å². The fraction of sp³-hybridized carbons (Fsp3) is 1.00. The minimum Gasteiger partial charge on any atom is -0.378 e. The summed E-state index contributed by atoms with van der Waals surface area (Å²) in [5.74, 6) is 0. The molecule has 1 fully saturated rings. The number of hydrogen-bond donors (Lipinski definition) is 1. The topological polar surface area (TPSA) is 38.5 Å². The Hall–Kier alpha value is -0.120. The molecule has 54 valence electrons. The van der Waals surface area contributed by atoms with Gasteiger partial charge in [0, 0.05) is 12.1 Å². The number of hydrogen-bond acceptors (Lipinski definition) is 3. The van der Waals surface area contributed by atoms with Crippen LogP contribution in [0.3, 0.4) is 0 Å². The van der Waals surface area contributed by atoms with Crippen molar-refractivity contribution in [1.29, 1.82) is 0 Å². The summed E-state index contributed by atoms with van der Waals surface area (Å²) >= 11 is 0. The first-order valence-electron chi connectivity index (χ1n) is 3.21. The van der Waals surface area contributed by atoms with Crippen molar-refractivity contribution in [2.45, 2.75) is 12.1 Å². The zero-order valence-electron chi connectivity index (χ0n) is 6.00. The van der Waals surface area contributed by atoms with Gasteiger partial charge in [-0.15, -0.1) is 0 Å². The molecule has 9 heavy (non-hydrogen) atoms. The molecule has 0 radical (unpaired) electrons. The lowest BCUT2D eigenvalue weighted by atomic mass is 10.2. The molecule has 1 rings (SSSR count). The maximum Gasteiger partial charge on any atom is 0.0638 e. The first kappa shape index (κ1) is 6.99. The van der Waals surface area contributed by atoms with Gasteiger partial charge < -0.3 is 15.4 Å². The van der Waals surface area contributed by atoms with Gasteiger partial charge in [0.05, 0.1) is 13.2 Å². The van der Waals surface area contributed by atoms with Crippen LogP contribution in [0.4, 0.5) is 0 Å². The summed E-state index contributed by atoms with van der Waals surface area (Å²) in [5, 5.41) is 0. The van der Waals surface area contributed by atoms with Gasteiger partial charge in [0.1, 0.15) is 0 Å². The molecule has 0 saturated carbocycles. The summed E-state index contributed by atoms with van der Waals surface area (Å²) in [4.78, 5) is 2.11. The number of nitrogens with zero attached hydrogens (tertiary/aromatic N) is 1. The molecule has 0 amide bonds. The summed E-state index contributed by atoms with van der Waals surface area (Å²) in [5.41, 5.74) is 5.71. The molecular weight excluding hydrogens is 116 g/mol. The van der Waals surface area contributed by atoms with Gasteiger partial charge in [-0.2, -0.15) is 0 Å². The van der Waals surface area contributed by atoms with Gasteiger partial charge in [0.25, 0.3) is 0 Å². The van der Waals surface area contributed by atoms with Crippen molar-refractivity contribution in [3.05, 3.63) is 0 Å². The van der Waals surface area contributed by atoms with E-state index in [0.29, 0.717) is 12.6 Å². The molecule has 0 spiro atoms. The average molecular weight is 130 g/mol. The van der Waals surface area contributed by atoms with Crippen molar-refractivity contribution in [3.8, 4) is 0 Å². The molecule has 3 heteroatoms. The second kappa shape index (κ2) is 2.64. The number of rotatable bonds is 1. The van der Waals surface area contributed by atoms with Crippen LogP contribution in [-0.2, 0) is 4.74 Å². The fourth-order valence-electron chi connectivity index (χ4n) is 1.09. The van der Waals surface area contributed by atoms with Crippen LogP contribution in [0.5, 0.6) is 0 Å². The lowest BCUT2D eigenvalue weighted by molar-refractivity contribution is 0.170. The largest absolute Gasteiger partial charge is 0.378 e. The van der Waals surface area contributed by atoms with Gasteiger partial charge in [0.15, 0.2) is 0 Å². The van der Waals surface area contributed by atoms with Crippen molar-refractivity contribution < 1.29 is 4.74 Å². The Morgan fingerprint density at radius 2 is 2.11 bits per heavy atom. The summed E-state index contributed by atoms with van der Waals surface area (Å²) in [6.45, 7) is 1.50. The van der Waals surface area contributed by atoms with Crippen LogP contribution < -0.4 is 5.73 Å². The summed E-state index contributed by atoms with van der Waals surface area (Å²) in [7, 11) is 4.05. The predicted octanol–water partition coefficient (Wildman–Crippen LogP) is -0.726. The molecule has 0 bridgehead atoms. The molecule has 1 saturated heterocycles. The van der Waals surface area contributed by atoms with Crippen LogP contribution in [-0.4, -0.2) is 44.3 Å². The number of likely N-dealkylation sites (N-methyl/N-ethyl adjacent to an activating group) is 1. The van der Waals surface area contributed by atoms with E-state index in [9.17, 15) is 0 Å². The first-order valence-corrected chi connectivity index (χ1v) is 3.21. The summed E-state index contributed by atoms with van der Waals surface area (Å²) < 4.78 is 5.16. The van der Waals surface area contributed by atoms with E-state index in [1.54, 1.807) is 0 Å². The van der Waals surface area contributed by atoms with E-state index < -0.39 is 0 Å². The Labute approximate surface area is 55.8 Å². The van der Waals surface area contributed by atoms with Crippen LogP contribution in [0.15, 0.2) is 0 Å². The van der Waals surface area contributed by atoms with Gasteiger partial charge in [-0.25, -0.2) is 0 Å². The Bertz CT molecular complexity index is 95.1. The van der Waals surface area contributed by atoms with E-state index in [2.05, 4.69) is 4.90 Å². The van der Waals surface area contributed by atoms with Gasteiger partial charge in [-0.05, 0) is 14.1 Å². The molecule has 2 atom stereocenters. The van der Waals surface area contributed by atoms with E-state index in [0.717, 1.165) is 6.61 Å². The smallest absolute Gasteiger partial charge is 0.0638 e. The third-order valence-electron chi connectivity index (χ3n) is 1.76. The Balaban J connectivity index is 2.40. The molecule has 1 heterocycles.